The maximum Gasteiger partial charge on any atom is 0.316 e. The molecule has 1 aliphatic heterocycles. The minimum absolute atomic E-state index is 0.202. The molecule has 2 heterocycles. The van der Waals surface area contributed by atoms with Gasteiger partial charge in [0.2, 0.25) is 0 Å². The summed E-state index contributed by atoms with van der Waals surface area (Å²) in [5, 5.41) is 13.3. The summed E-state index contributed by atoms with van der Waals surface area (Å²) in [6.45, 7) is 6.12. The van der Waals surface area contributed by atoms with Crippen LogP contribution in [0.1, 0.15) is 0 Å². The van der Waals surface area contributed by atoms with Gasteiger partial charge < -0.3 is 25.6 Å². The number of aromatic nitrogens is 2. The molecule has 0 spiro atoms. The second-order valence-electron chi connectivity index (χ2n) is 8.07. The molecule has 10 nitrogen and oxygen atoms in total. The smallest absolute Gasteiger partial charge is 0.316 e. The lowest BCUT2D eigenvalue weighted by Gasteiger charge is -2.34. The fourth-order valence-electron chi connectivity index (χ4n) is 3.95. The number of nitrogens with zero attached hydrogens (tertiary/aromatic N) is 4. The molecule has 0 unspecified atom stereocenters. The number of anilines is 1. The van der Waals surface area contributed by atoms with E-state index in [0.717, 1.165) is 60.1 Å². The molecular weight excluding hydrogens is 468 g/mol. The zero-order chi connectivity index (χ0) is 24.6. The van der Waals surface area contributed by atoms with E-state index in [-0.39, 0.29) is 6.61 Å². The van der Waals surface area contributed by atoms with Gasteiger partial charge in [0.15, 0.2) is 11.5 Å². The first-order chi connectivity index (χ1) is 17.1. The topological polar surface area (TPSA) is 126 Å². The SMILES string of the molecule is COc1cc2c(Sc3cccc(NC(N)=O)c3)ncnc2cc1OCCN1CCN(CCO)CC1. The molecule has 4 rings (SSSR count). The maximum absolute atomic E-state index is 11.2. The molecule has 1 saturated heterocycles. The summed E-state index contributed by atoms with van der Waals surface area (Å²) in [4.78, 5) is 25.6. The van der Waals surface area contributed by atoms with E-state index in [4.69, 9.17) is 20.3 Å². The molecule has 3 aromatic rings. The number of piperazine rings is 1. The number of primary amides is 1. The van der Waals surface area contributed by atoms with Crippen molar-refractivity contribution in [2.24, 2.45) is 5.73 Å². The van der Waals surface area contributed by atoms with Crippen molar-refractivity contribution in [3.8, 4) is 11.5 Å². The number of urea groups is 1. The Hall–Kier alpha value is -3.12. The summed E-state index contributed by atoms with van der Waals surface area (Å²) in [5.41, 5.74) is 6.59. The van der Waals surface area contributed by atoms with Gasteiger partial charge in [0.05, 0.1) is 19.2 Å². The molecule has 1 aliphatic rings. The second kappa shape index (κ2) is 12.0. The van der Waals surface area contributed by atoms with Crippen molar-refractivity contribution in [3.63, 3.8) is 0 Å². The van der Waals surface area contributed by atoms with Crippen LogP contribution in [0.5, 0.6) is 11.5 Å². The van der Waals surface area contributed by atoms with Crippen LogP contribution < -0.4 is 20.5 Å². The normalized spacial score (nSPS) is 14.7. The van der Waals surface area contributed by atoms with Crippen LogP contribution in [-0.4, -0.2) is 90.5 Å². The first-order valence-corrected chi connectivity index (χ1v) is 12.2. The molecule has 35 heavy (non-hydrogen) atoms. The van der Waals surface area contributed by atoms with Crippen molar-refractivity contribution in [3.05, 3.63) is 42.7 Å². The Balaban J connectivity index is 1.44. The number of aliphatic hydroxyl groups excluding tert-OH is 1. The van der Waals surface area contributed by atoms with E-state index in [1.807, 2.05) is 30.3 Å². The van der Waals surface area contributed by atoms with Crippen molar-refractivity contribution in [2.75, 3.05) is 64.9 Å². The highest BCUT2D eigenvalue weighted by Crippen LogP contribution is 2.37. The molecule has 0 radical (unpaired) electrons. The van der Waals surface area contributed by atoms with E-state index in [9.17, 15) is 4.79 Å². The molecule has 186 valence electrons. The van der Waals surface area contributed by atoms with E-state index in [0.29, 0.717) is 23.8 Å². The Morgan fingerprint density at radius 1 is 1.11 bits per heavy atom. The first-order valence-electron chi connectivity index (χ1n) is 11.4. The number of nitrogens with one attached hydrogen (secondary N) is 1. The molecule has 0 bridgehead atoms. The van der Waals surface area contributed by atoms with Gasteiger partial charge >= 0.3 is 6.03 Å². The van der Waals surface area contributed by atoms with E-state index in [2.05, 4.69) is 25.1 Å². The van der Waals surface area contributed by atoms with Gasteiger partial charge in [-0.1, -0.05) is 17.8 Å². The molecule has 2 aromatic carbocycles. The summed E-state index contributed by atoms with van der Waals surface area (Å²) >= 11 is 1.46. The minimum Gasteiger partial charge on any atom is -0.493 e. The van der Waals surface area contributed by atoms with Crippen LogP contribution in [0.15, 0.2) is 52.6 Å². The van der Waals surface area contributed by atoms with Crippen molar-refractivity contribution < 1.29 is 19.4 Å². The Morgan fingerprint density at radius 3 is 2.60 bits per heavy atom. The summed E-state index contributed by atoms with van der Waals surface area (Å²) in [6.07, 6.45) is 1.53. The Bertz CT molecular complexity index is 1160. The number of methoxy groups -OCH3 is 1. The number of hydrogen-bond donors (Lipinski definition) is 3. The summed E-state index contributed by atoms with van der Waals surface area (Å²) in [7, 11) is 1.62. The highest BCUT2D eigenvalue weighted by molar-refractivity contribution is 7.99. The van der Waals surface area contributed by atoms with Gasteiger partial charge in [-0.05, 0) is 24.3 Å². The number of carbonyl (C=O) groups excluding carboxylic acids is 1. The number of fused-ring (bicyclic) bond motifs is 1. The van der Waals surface area contributed by atoms with Crippen molar-refractivity contribution in [1.82, 2.24) is 19.8 Å². The lowest BCUT2D eigenvalue weighted by atomic mass is 10.2. The van der Waals surface area contributed by atoms with E-state index in [1.54, 1.807) is 13.2 Å². The Kier molecular flexibility index (Phi) is 8.59. The van der Waals surface area contributed by atoms with Crippen LogP contribution in [0.3, 0.4) is 0 Å². The van der Waals surface area contributed by atoms with Gasteiger partial charge in [0.25, 0.3) is 0 Å². The van der Waals surface area contributed by atoms with E-state index in [1.165, 1.54) is 18.1 Å². The van der Waals surface area contributed by atoms with Gasteiger partial charge in [-0.15, -0.1) is 0 Å². The third-order valence-electron chi connectivity index (χ3n) is 5.75. The average molecular weight is 499 g/mol. The number of hydrogen-bond acceptors (Lipinski definition) is 9. The molecule has 0 saturated carbocycles. The second-order valence-corrected chi connectivity index (χ2v) is 9.14. The van der Waals surface area contributed by atoms with Crippen LogP contribution in [0.4, 0.5) is 10.5 Å². The van der Waals surface area contributed by atoms with Gasteiger partial charge in [-0.2, -0.15) is 0 Å². The number of ether oxygens (including phenoxy) is 2. The van der Waals surface area contributed by atoms with Gasteiger partial charge in [0.1, 0.15) is 18.0 Å². The van der Waals surface area contributed by atoms with E-state index >= 15 is 0 Å². The monoisotopic (exact) mass is 498 g/mol. The molecule has 1 fully saturated rings. The quantitative estimate of drug-likeness (QED) is 0.361. The molecule has 4 N–H and O–H groups in total. The fourth-order valence-corrected chi connectivity index (χ4v) is 4.88. The highest BCUT2D eigenvalue weighted by atomic mass is 32.2. The van der Waals surface area contributed by atoms with Gasteiger partial charge in [-0.25, -0.2) is 14.8 Å². The van der Waals surface area contributed by atoms with Crippen LogP contribution in [-0.2, 0) is 0 Å². The Labute approximate surface area is 208 Å². The molecule has 1 aromatic heterocycles. The number of benzene rings is 2. The predicted molar refractivity (Wildman–Crippen MR) is 135 cm³/mol. The van der Waals surface area contributed by atoms with Crippen LogP contribution >= 0.6 is 11.8 Å². The minimum atomic E-state index is -0.610. The molecule has 0 atom stereocenters. The number of nitrogens with two attached hydrogens (primary N) is 1. The van der Waals surface area contributed by atoms with E-state index < -0.39 is 6.03 Å². The van der Waals surface area contributed by atoms with Crippen LogP contribution in [0.2, 0.25) is 0 Å². The average Bonchev–Trinajstić information content (AvgIpc) is 2.85. The number of rotatable bonds is 10. The zero-order valence-corrected chi connectivity index (χ0v) is 20.5. The third kappa shape index (κ3) is 6.73. The molecule has 2 amide bonds. The number of aliphatic hydroxyl groups is 1. The Morgan fingerprint density at radius 2 is 1.89 bits per heavy atom. The predicted octanol–water partition coefficient (Wildman–Crippen LogP) is 2.27. The fraction of sp³-hybridized carbons (Fsp3) is 0.375. The number of carbonyl (C=O) groups is 1. The summed E-state index contributed by atoms with van der Waals surface area (Å²) in [6, 6.07) is 10.5. The zero-order valence-electron chi connectivity index (χ0n) is 19.6. The lowest BCUT2D eigenvalue weighted by molar-refractivity contribution is 0.101. The van der Waals surface area contributed by atoms with Crippen LogP contribution in [0.25, 0.3) is 10.9 Å². The number of amides is 2. The maximum atomic E-state index is 11.2. The van der Waals surface area contributed by atoms with Crippen LogP contribution in [0, 0.1) is 0 Å². The molecule has 0 aliphatic carbocycles. The summed E-state index contributed by atoms with van der Waals surface area (Å²) in [5.74, 6) is 1.26. The first kappa shape index (κ1) is 25.0. The highest BCUT2D eigenvalue weighted by Gasteiger charge is 2.17. The molecular formula is C24H30N6O4S. The van der Waals surface area contributed by atoms with Crippen molar-refractivity contribution in [1.29, 1.82) is 0 Å². The van der Waals surface area contributed by atoms with Gasteiger partial charge in [-0.3, -0.25) is 9.80 Å². The van der Waals surface area contributed by atoms with Crippen molar-refractivity contribution >= 4 is 34.4 Å². The molecule has 11 heteroatoms. The van der Waals surface area contributed by atoms with Gasteiger partial charge in [0, 0.05) is 61.3 Å². The number of β-amino-alcohol motifs (C(OH)–C–C–N with tert-alkyl or cyclic N) is 1. The lowest BCUT2D eigenvalue weighted by Crippen LogP contribution is -2.48. The largest absolute Gasteiger partial charge is 0.493 e. The summed E-state index contributed by atoms with van der Waals surface area (Å²) < 4.78 is 11.7. The standard InChI is InChI=1S/C24H30N6O4S/c1-33-21-14-19-20(15-22(21)34-12-10-30-7-5-29(6-8-30)9-11-31)26-16-27-23(19)35-18-4-2-3-17(13-18)28-24(25)32/h2-4,13-16,31H,5-12H2,1H3,(H3,25,28,32). The third-order valence-corrected chi connectivity index (χ3v) is 6.75. The van der Waals surface area contributed by atoms with Crippen molar-refractivity contribution in [2.45, 2.75) is 9.92 Å².